The lowest BCUT2D eigenvalue weighted by Gasteiger charge is -2.23. The van der Waals surface area contributed by atoms with Crippen LogP contribution >= 0.6 is 12.2 Å². The molecule has 0 saturated heterocycles. The molecule has 1 fully saturated rings. The third-order valence-corrected chi connectivity index (χ3v) is 3.99. The number of fused-ring (bicyclic) bond motifs is 1. The molecule has 0 bridgehead atoms. The minimum absolute atomic E-state index is 0.660. The van der Waals surface area contributed by atoms with Crippen LogP contribution in [0.4, 0.5) is 0 Å². The first-order chi connectivity index (χ1) is 8.33. The van der Waals surface area contributed by atoms with Gasteiger partial charge in [0, 0.05) is 19.1 Å². The van der Waals surface area contributed by atoms with E-state index in [1.807, 2.05) is 0 Å². The Labute approximate surface area is 108 Å². The molecule has 90 valence electrons. The molecule has 1 heterocycles. The molecule has 0 aromatic heterocycles. The SMILES string of the molecule is S=C(NC1CC1)N1CCc2ccccc2CC1. The smallest absolute Gasteiger partial charge is 0.169 e. The van der Waals surface area contributed by atoms with Crippen LogP contribution in [-0.2, 0) is 12.8 Å². The van der Waals surface area contributed by atoms with Crippen molar-refractivity contribution in [1.82, 2.24) is 10.2 Å². The second-order valence-corrected chi connectivity index (χ2v) is 5.37. The van der Waals surface area contributed by atoms with Gasteiger partial charge in [-0.3, -0.25) is 0 Å². The van der Waals surface area contributed by atoms with E-state index in [0.29, 0.717) is 6.04 Å². The Morgan fingerprint density at radius 2 is 1.71 bits per heavy atom. The van der Waals surface area contributed by atoms with Gasteiger partial charge in [0.25, 0.3) is 0 Å². The van der Waals surface area contributed by atoms with E-state index in [1.54, 1.807) is 0 Å². The molecule has 0 radical (unpaired) electrons. The summed E-state index contributed by atoms with van der Waals surface area (Å²) < 4.78 is 0. The molecule has 1 aliphatic carbocycles. The zero-order valence-electron chi connectivity index (χ0n) is 9.98. The van der Waals surface area contributed by atoms with Crippen molar-refractivity contribution < 1.29 is 0 Å². The number of nitrogens with zero attached hydrogens (tertiary/aromatic N) is 1. The topological polar surface area (TPSA) is 15.3 Å². The highest BCUT2D eigenvalue weighted by atomic mass is 32.1. The monoisotopic (exact) mass is 246 g/mol. The number of rotatable bonds is 1. The Morgan fingerprint density at radius 1 is 1.12 bits per heavy atom. The molecule has 0 unspecified atom stereocenters. The molecule has 1 aliphatic heterocycles. The van der Waals surface area contributed by atoms with Crippen molar-refractivity contribution in [2.24, 2.45) is 0 Å². The van der Waals surface area contributed by atoms with E-state index in [9.17, 15) is 0 Å². The first-order valence-corrected chi connectivity index (χ1v) is 6.86. The summed E-state index contributed by atoms with van der Waals surface area (Å²) in [5.74, 6) is 0. The van der Waals surface area contributed by atoms with Gasteiger partial charge in [-0.15, -0.1) is 0 Å². The van der Waals surface area contributed by atoms with Gasteiger partial charge in [0.05, 0.1) is 0 Å². The van der Waals surface area contributed by atoms with Gasteiger partial charge < -0.3 is 10.2 Å². The molecule has 1 aromatic carbocycles. The van der Waals surface area contributed by atoms with Crippen LogP contribution in [0.1, 0.15) is 24.0 Å². The predicted octanol–water partition coefficient (Wildman–Crippen LogP) is 2.12. The fraction of sp³-hybridized carbons (Fsp3) is 0.500. The van der Waals surface area contributed by atoms with Crippen LogP contribution in [0.15, 0.2) is 24.3 Å². The minimum atomic E-state index is 0.660. The maximum absolute atomic E-state index is 5.48. The largest absolute Gasteiger partial charge is 0.360 e. The van der Waals surface area contributed by atoms with Crippen molar-refractivity contribution in [2.45, 2.75) is 31.7 Å². The maximum atomic E-state index is 5.48. The van der Waals surface area contributed by atoms with Gasteiger partial charge in [0.2, 0.25) is 0 Å². The van der Waals surface area contributed by atoms with Gasteiger partial charge in [-0.1, -0.05) is 24.3 Å². The van der Waals surface area contributed by atoms with Crippen molar-refractivity contribution in [3.63, 3.8) is 0 Å². The molecule has 0 atom stereocenters. The van der Waals surface area contributed by atoms with Crippen molar-refractivity contribution in [1.29, 1.82) is 0 Å². The van der Waals surface area contributed by atoms with E-state index in [4.69, 9.17) is 12.2 Å². The number of hydrogen-bond donors (Lipinski definition) is 1. The summed E-state index contributed by atoms with van der Waals surface area (Å²) >= 11 is 5.48. The van der Waals surface area contributed by atoms with Gasteiger partial charge >= 0.3 is 0 Å². The standard InChI is InChI=1S/C14H18N2S/c17-14(15-13-5-6-13)16-9-7-11-3-1-2-4-12(11)8-10-16/h1-4,13H,5-10H2,(H,15,17). The molecule has 0 spiro atoms. The second kappa shape index (κ2) is 4.65. The van der Waals surface area contributed by atoms with E-state index in [2.05, 4.69) is 34.5 Å². The summed E-state index contributed by atoms with van der Waals surface area (Å²) in [6.45, 7) is 2.10. The molecule has 1 N–H and O–H groups in total. The molecule has 2 nitrogen and oxygen atoms in total. The van der Waals surface area contributed by atoms with Crippen LogP contribution in [0.2, 0.25) is 0 Å². The molecule has 1 saturated carbocycles. The number of thiocarbonyl (C=S) groups is 1. The third kappa shape index (κ3) is 2.60. The lowest BCUT2D eigenvalue weighted by molar-refractivity contribution is 0.430. The fourth-order valence-electron chi connectivity index (χ4n) is 2.36. The quantitative estimate of drug-likeness (QED) is 0.764. The van der Waals surface area contributed by atoms with Crippen molar-refractivity contribution >= 4 is 17.3 Å². The van der Waals surface area contributed by atoms with Crippen LogP contribution in [0, 0.1) is 0 Å². The number of hydrogen-bond acceptors (Lipinski definition) is 1. The number of benzene rings is 1. The van der Waals surface area contributed by atoms with Crippen molar-refractivity contribution in [3.05, 3.63) is 35.4 Å². The van der Waals surface area contributed by atoms with Gasteiger partial charge in [-0.25, -0.2) is 0 Å². The van der Waals surface area contributed by atoms with Crippen LogP contribution in [0.25, 0.3) is 0 Å². The minimum Gasteiger partial charge on any atom is -0.360 e. The third-order valence-electron chi connectivity index (χ3n) is 3.61. The van der Waals surface area contributed by atoms with E-state index in [1.165, 1.54) is 24.0 Å². The van der Waals surface area contributed by atoms with Gasteiger partial charge in [-0.05, 0) is 49.0 Å². The second-order valence-electron chi connectivity index (χ2n) is 4.98. The molecule has 3 heteroatoms. The molecule has 1 aromatic rings. The first kappa shape index (κ1) is 11.0. The molecular weight excluding hydrogens is 228 g/mol. The fourth-order valence-corrected chi connectivity index (χ4v) is 2.71. The summed E-state index contributed by atoms with van der Waals surface area (Å²) in [6.07, 6.45) is 4.80. The summed E-state index contributed by atoms with van der Waals surface area (Å²) in [7, 11) is 0. The zero-order chi connectivity index (χ0) is 11.7. The van der Waals surface area contributed by atoms with Crippen LogP contribution in [-0.4, -0.2) is 29.1 Å². The van der Waals surface area contributed by atoms with E-state index in [0.717, 1.165) is 31.0 Å². The first-order valence-electron chi connectivity index (χ1n) is 6.45. The maximum Gasteiger partial charge on any atom is 0.169 e. The summed E-state index contributed by atoms with van der Waals surface area (Å²) in [5, 5.41) is 4.39. The van der Waals surface area contributed by atoms with E-state index in [-0.39, 0.29) is 0 Å². The van der Waals surface area contributed by atoms with Crippen LogP contribution < -0.4 is 5.32 Å². The Balaban J connectivity index is 1.65. The summed E-state index contributed by atoms with van der Waals surface area (Å²) in [4.78, 5) is 2.33. The van der Waals surface area contributed by atoms with E-state index < -0.39 is 0 Å². The Bertz CT molecular complexity index is 399. The Kier molecular flexibility index (Phi) is 3.02. The van der Waals surface area contributed by atoms with Gasteiger partial charge in [0.1, 0.15) is 0 Å². The lowest BCUT2D eigenvalue weighted by Crippen LogP contribution is -2.42. The van der Waals surface area contributed by atoms with Gasteiger partial charge in [0.15, 0.2) is 5.11 Å². The zero-order valence-corrected chi connectivity index (χ0v) is 10.8. The highest BCUT2D eigenvalue weighted by Crippen LogP contribution is 2.20. The van der Waals surface area contributed by atoms with Crippen molar-refractivity contribution in [2.75, 3.05) is 13.1 Å². The van der Waals surface area contributed by atoms with Crippen LogP contribution in [0.5, 0.6) is 0 Å². The van der Waals surface area contributed by atoms with Crippen molar-refractivity contribution in [3.8, 4) is 0 Å². The summed E-state index contributed by atoms with van der Waals surface area (Å²) in [5.41, 5.74) is 2.98. The number of nitrogens with one attached hydrogen (secondary N) is 1. The average molecular weight is 246 g/mol. The Hall–Kier alpha value is -1.09. The molecule has 0 amide bonds. The van der Waals surface area contributed by atoms with E-state index >= 15 is 0 Å². The normalized spacial score (nSPS) is 19.4. The van der Waals surface area contributed by atoms with Crippen LogP contribution in [0.3, 0.4) is 0 Å². The predicted molar refractivity (Wildman–Crippen MR) is 74.2 cm³/mol. The lowest BCUT2D eigenvalue weighted by atomic mass is 10.0. The molecule has 2 aliphatic rings. The Morgan fingerprint density at radius 3 is 2.24 bits per heavy atom. The molecule has 3 rings (SSSR count). The molecule has 17 heavy (non-hydrogen) atoms. The average Bonchev–Trinajstić information content (AvgIpc) is 3.14. The van der Waals surface area contributed by atoms with Gasteiger partial charge in [-0.2, -0.15) is 0 Å². The molecular formula is C14H18N2S. The summed E-state index contributed by atoms with van der Waals surface area (Å²) in [6, 6.07) is 9.42. The highest BCUT2D eigenvalue weighted by Gasteiger charge is 2.24. The highest BCUT2D eigenvalue weighted by molar-refractivity contribution is 7.80.